The third-order valence-electron chi connectivity index (χ3n) is 5.85. The quantitative estimate of drug-likeness (QED) is 0.598. The summed E-state index contributed by atoms with van der Waals surface area (Å²) in [4.78, 5) is 4.07. The molecule has 2 aromatic heterocycles. The summed E-state index contributed by atoms with van der Waals surface area (Å²) in [6.07, 6.45) is 15.8. The maximum atomic E-state index is 5.74. The number of aromatic nitrogens is 2. The van der Waals surface area contributed by atoms with E-state index >= 15 is 0 Å². The molecule has 3 aromatic rings. The van der Waals surface area contributed by atoms with Crippen LogP contribution in [0.25, 0.3) is 16.7 Å². The number of hydrogen-bond donors (Lipinski definition) is 1. The Balaban J connectivity index is 1.47. The molecular formula is C25H28N4. The zero-order valence-electron chi connectivity index (χ0n) is 17.0. The number of nitrogens with zero attached hydrogens (tertiary/aromatic N) is 3. The van der Waals surface area contributed by atoms with Crippen molar-refractivity contribution in [2.45, 2.75) is 32.1 Å². The van der Waals surface area contributed by atoms with E-state index in [9.17, 15) is 0 Å². The largest absolute Gasteiger partial charge is 0.404 e. The topological polar surface area (TPSA) is 55.7 Å². The molecule has 1 atom stereocenters. The lowest BCUT2D eigenvalue weighted by molar-refractivity contribution is 0.451. The van der Waals surface area contributed by atoms with Crippen LogP contribution >= 0.6 is 0 Å². The lowest BCUT2D eigenvalue weighted by Crippen LogP contribution is -2.07. The maximum absolute atomic E-state index is 5.74. The Morgan fingerprint density at radius 2 is 2.10 bits per heavy atom. The van der Waals surface area contributed by atoms with Crippen molar-refractivity contribution in [3.05, 3.63) is 83.8 Å². The van der Waals surface area contributed by atoms with Gasteiger partial charge in [-0.1, -0.05) is 42.5 Å². The van der Waals surface area contributed by atoms with Gasteiger partial charge in [-0.15, -0.1) is 0 Å². The average Bonchev–Trinajstić information content (AvgIpc) is 3.20. The van der Waals surface area contributed by atoms with Gasteiger partial charge in [0.25, 0.3) is 0 Å². The SMILES string of the molecule is CN=C/C(=C\N)c1ccc2c(C3=CCC(CCc4ccccc4)CC3)cnn2c1. The molecule has 2 heterocycles. The van der Waals surface area contributed by atoms with Gasteiger partial charge < -0.3 is 5.73 Å². The number of hydrogen-bond acceptors (Lipinski definition) is 3. The minimum absolute atomic E-state index is 0.776. The molecule has 1 aliphatic rings. The average molecular weight is 385 g/mol. The summed E-state index contributed by atoms with van der Waals surface area (Å²) in [5.41, 5.74) is 12.9. The Morgan fingerprint density at radius 1 is 1.24 bits per heavy atom. The highest BCUT2D eigenvalue weighted by Gasteiger charge is 2.18. The smallest absolute Gasteiger partial charge is 0.0737 e. The van der Waals surface area contributed by atoms with Gasteiger partial charge in [-0.2, -0.15) is 5.10 Å². The van der Waals surface area contributed by atoms with E-state index in [0.717, 1.165) is 35.4 Å². The lowest BCUT2D eigenvalue weighted by Gasteiger charge is -2.21. The number of benzene rings is 1. The van der Waals surface area contributed by atoms with Crippen LogP contribution in [0, 0.1) is 5.92 Å². The summed E-state index contributed by atoms with van der Waals surface area (Å²) in [6, 6.07) is 15.0. The summed E-state index contributed by atoms with van der Waals surface area (Å²) < 4.78 is 1.94. The van der Waals surface area contributed by atoms with Crippen LogP contribution in [-0.4, -0.2) is 22.9 Å². The number of rotatable bonds is 6. The van der Waals surface area contributed by atoms with Crippen molar-refractivity contribution < 1.29 is 0 Å². The van der Waals surface area contributed by atoms with Crippen LogP contribution in [0.1, 0.15) is 42.4 Å². The second-order valence-corrected chi connectivity index (χ2v) is 7.71. The summed E-state index contributed by atoms with van der Waals surface area (Å²) in [5.74, 6) is 0.776. The molecule has 4 rings (SSSR count). The van der Waals surface area contributed by atoms with Crippen molar-refractivity contribution in [3.63, 3.8) is 0 Å². The van der Waals surface area contributed by atoms with Crippen LogP contribution in [0.2, 0.25) is 0 Å². The first kappa shape index (κ1) is 19.2. The number of fused-ring (bicyclic) bond motifs is 1. The summed E-state index contributed by atoms with van der Waals surface area (Å²) >= 11 is 0. The first-order valence-electron chi connectivity index (χ1n) is 10.3. The summed E-state index contributed by atoms with van der Waals surface area (Å²) in [7, 11) is 1.75. The van der Waals surface area contributed by atoms with Crippen LogP contribution in [0.5, 0.6) is 0 Å². The van der Waals surface area contributed by atoms with E-state index < -0.39 is 0 Å². The Bertz CT molecular complexity index is 1060. The molecule has 0 fully saturated rings. The zero-order chi connectivity index (χ0) is 20.1. The highest BCUT2D eigenvalue weighted by molar-refractivity contribution is 6.09. The van der Waals surface area contributed by atoms with Gasteiger partial charge in [-0.3, -0.25) is 4.99 Å². The van der Waals surface area contributed by atoms with E-state index in [1.54, 1.807) is 19.5 Å². The summed E-state index contributed by atoms with van der Waals surface area (Å²) in [5, 5.41) is 4.59. The molecule has 0 aliphatic heterocycles. The molecule has 0 radical (unpaired) electrons. The first-order valence-corrected chi connectivity index (χ1v) is 10.3. The Hall–Kier alpha value is -3.14. The minimum atomic E-state index is 0.776. The molecule has 0 saturated carbocycles. The van der Waals surface area contributed by atoms with Crippen molar-refractivity contribution in [1.29, 1.82) is 0 Å². The maximum Gasteiger partial charge on any atom is 0.0737 e. The van der Waals surface area contributed by atoms with E-state index in [2.05, 4.69) is 58.6 Å². The number of aryl methyl sites for hydroxylation is 1. The normalized spacial score (nSPS) is 17.8. The van der Waals surface area contributed by atoms with Gasteiger partial charge in [0, 0.05) is 42.4 Å². The highest BCUT2D eigenvalue weighted by atomic mass is 15.2. The van der Waals surface area contributed by atoms with Gasteiger partial charge in [-0.05, 0) is 55.2 Å². The molecule has 148 valence electrons. The van der Waals surface area contributed by atoms with Crippen LogP contribution in [0.4, 0.5) is 0 Å². The predicted octanol–water partition coefficient (Wildman–Crippen LogP) is 5.15. The van der Waals surface area contributed by atoms with Gasteiger partial charge in [0.1, 0.15) is 0 Å². The van der Waals surface area contributed by atoms with E-state index in [-0.39, 0.29) is 0 Å². The fourth-order valence-corrected chi connectivity index (χ4v) is 4.17. The van der Waals surface area contributed by atoms with Crippen LogP contribution in [0.3, 0.4) is 0 Å². The number of pyridine rings is 1. The van der Waals surface area contributed by atoms with Crippen molar-refractivity contribution in [1.82, 2.24) is 9.61 Å². The van der Waals surface area contributed by atoms with Gasteiger partial charge >= 0.3 is 0 Å². The fraction of sp³-hybridized carbons (Fsp3) is 0.280. The molecule has 1 aliphatic carbocycles. The molecule has 29 heavy (non-hydrogen) atoms. The van der Waals surface area contributed by atoms with Crippen molar-refractivity contribution in [2.75, 3.05) is 7.05 Å². The number of aliphatic imine (C=N–C) groups is 1. The standard InChI is InChI=1S/C25H28N4/c1-27-16-23(15-26)22-13-14-25-24(17-28-29(25)18-22)21-11-9-20(10-12-21)8-7-19-5-3-2-4-6-19/h2-6,11,13-18,20H,7-10,12,26H2,1H3/b23-15+,27-16?. The molecule has 2 N–H and O–H groups in total. The fourth-order valence-electron chi connectivity index (χ4n) is 4.17. The molecular weight excluding hydrogens is 356 g/mol. The first-order chi connectivity index (χ1) is 14.3. The van der Waals surface area contributed by atoms with Crippen molar-refractivity contribution in [3.8, 4) is 0 Å². The molecule has 0 saturated heterocycles. The van der Waals surface area contributed by atoms with Gasteiger partial charge in [0.2, 0.25) is 0 Å². The molecule has 4 nitrogen and oxygen atoms in total. The van der Waals surface area contributed by atoms with Crippen LogP contribution < -0.4 is 5.73 Å². The molecule has 0 bridgehead atoms. The van der Waals surface area contributed by atoms with Crippen molar-refractivity contribution in [2.24, 2.45) is 16.6 Å². The van der Waals surface area contributed by atoms with Crippen LogP contribution in [-0.2, 0) is 6.42 Å². The van der Waals surface area contributed by atoms with Gasteiger partial charge in [0.15, 0.2) is 0 Å². The monoisotopic (exact) mass is 384 g/mol. The molecule has 1 aromatic carbocycles. The van der Waals surface area contributed by atoms with Gasteiger partial charge in [0.05, 0.1) is 11.7 Å². The molecule has 0 spiro atoms. The lowest BCUT2D eigenvalue weighted by atomic mass is 9.84. The Labute approximate surface area is 172 Å². The van der Waals surface area contributed by atoms with E-state index in [4.69, 9.17) is 5.73 Å². The Morgan fingerprint density at radius 3 is 2.83 bits per heavy atom. The summed E-state index contributed by atoms with van der Waals surface area (Å²) in [6.45, 7) is 0. The number of allylic oxidation sites excluding steroid dienone is 3. The third-order valence-corrected chi connectivity index (χ3v) is 5.85. The Kier molecular flexibility index (Phi) is 5.89. The van der Waals surface area contributed by atoms with Crippen molar-refractivity contribution >= 4 is 22.9 Å². The van der Waals surface area contributed by atoms with E-state index in [0.29, 0.717) is 0 Å². The molecule has 0 amide bonds. The second-order valence-electron chi connectivity index (χ2n) is 7.71. The predicted molar refractivity (Wildman–Crippen MR) is 122 cm³/mol. The molecule has 4 heteroatoms. The highest BCUT2D eigenvalue weighted by Crippen LogP contribution is 2.34. The second kappa shape index (κ2) is 8.91. The van der Waals surface area contributed by atoms with E-state index in [1.807, 2.05) is 16.9 Å². The van der Waals surface area contributed by atoms with E-state index in [1.165, 1.54) is 36.0 Å². The van der Waals surface area contributed by atoms with Crippen LogP contribution in [0.15, 0.2) is 72.1 Å². The minimum Gasteiger partial charge on any atom is -0.404 e. The number of nitrogens with two attached hydrogens (primary N) is 1. The molecule has 1 unspecified atom stereocenters. The van der Waals surface area contributed by atoms with Gasteiger partial charge in [-0.25, -0.2) is 4.52 Å². The zero-order valence-corrected chi connectivity index (χ0v) is 17.0. The third kappa shape index (κ3) is 4.32.